The molecule has 2 aromatic heterocycles. The predicted molar refractivity (Wildman–Crippen MR) is 112 cm³/mol. The number of carbonyl (C=O) groups is 1. The fourth-order valence-electron chi connectivity index (χ4n) is 4.21. The molecule has 33 heavy (non-hydrogen) atoms. The van der Waals surface area contributed by atoms with Crippen molar-refractivity contribution >= 4 is 28.5 Å². The monoisotopic (exact) mass is 477 g/mol. The molecule has 1 N–H and O–H groups in total. The van der Waals surface area contributed by atoms with Gasteiger partial charge in [-0.2, -0.15) is 4.98 Å². The van der Waals surface area contributed by atoms with E-state index >= 15 is 0 Å². The fourth-order valence-corrected chi connectivity index (χ4v) is 4.43. The quantitative estimate of drug-likeness (QED) is 0.386. The highest BCUT2D eigenvalue weighted by molar-refractivity contribution is 6.31. The maximum atomic E-state index is 12.6. The number of halogens is 4. The van der Waals surface area contributed by atoms with Gasteiger partial charge in [0.1, 0.15) is 5.75 Å². The molecule has 3 heterocycles. The molecule has 0 radical (unpaired) electrons. The molecule has 1 unspecified atom stereocenters. The third-order valence-corrected chi connectivity index (χ3v) is 5.73. The molecular weight excluding hydrogens is 463 g/mol. The summed E-state index contributed by atoms with van der Waals surface area (Å²) in [6, 6.07) is 11.1. The summed E-state index contributed by atoms with van der Waals surface area (Å²) >= 11 is 5.92. The first-order valence-corrected chi connectivity index (χ1v) is 10.3. The van der Waals surface area contributed by atoms with Crippen molar-refractivity contribution in [3.05, 3.63) is 53.2 Å². The fraction of sp³-hybridized carbons (Fsp3) is 0.227. The van der Waals surface area contributed by atoms with Gasteiger partial charge in [-0.25, -0.2) is 0 Å². The van der Waals surface area contributed by atoms with Crippen LogP contribution in [0, 0.1) is 0 Å². The lowest BCUT2D eigenvalue weighted by Crippen LogP contribution is -2.17. The van der Waals surface area contributed by atoms with Crippen molar-refractivity contribution in [1.29, 1.82) is 0 Å². The van der Waals surface area contributed by atoms with E-state index in [2.05, 4.69) is 19.4 Å². The van der Waals surface area contributed by atoms with Crippen LogP contribution in [0.15, 0.2) is 47.0 Å². The molecule has 1 atom stereocenters. The Balaban J connectivity index is 1.46. The highest BCUT2D eigenvalue weighted by atomic mass is 35.5. The third kappa shape index (κ3) is 4.25. The first kappa shape index (κ1) is 21.3. The summed E-state index contributed by atoms with van der Waals surface area (Å²) in [4.78, 5) is 15.4. The summed E-state index contributed by atoms with van der Waals surface area (Å²) in [5.41, 5.74) is 2.79. The number of benzene rings is 2. The SMILES string of the molecule is O=C(O)CC1CCn2c1cc1cc(-c3noc(-c4cc(Cl)cc(OC(F)(F)F)c4)n3)ccc12. The molecule has 1 aliphatic rings. The van der Waals surface area contributed by atoms with Crippen LogP contribution in [0.1, 0.15) is 24.5 Å². The van der Waals surface area contributed by atoms with Crippen LogP contribution in [0.5, 0.6) is 5.75 Å². The Bertz CT molecular complexity index is 1380. The van der Waals surface area contributed by atoms with Crippen LogP contribution in [0.2, 0.25) is 5.02 Å². The Morgan fingerprint density at radius 3 is 2.79 bits per heavy atom. The zero-order chi connectivity index (χ0) is 23.3. The lowest BCUT2D eigenvalue weighted by molar-refractivity contribution is -0.274. The molecule has 0 saturated carbocycles. The van der Waals surface area contributed by atoms with Crippen LogP contribution in [0.25, 0.3) is 33.7 Å². The summed E-state index contributed by atoms with van der Waals surface area (Å²) in [6.45, 7) is 0.750. The largest absolute Gasteiger partial charge is 0.573 e. The number of aryl methyl sites for hydroxylation is 1. The minimum Gasteiger partial charge on any atom is -0.481 e. The van der Waals surface area contributed by atoms with E-state index in [1.165, 1.54) is 6.07 Å². The van der Waals surface area contributed by atoms with Crippen LogP contribution in [-0.4, -0.2) is 32.1 Å². The second-order valence-electron chi connectivity index (χ2n) is 7.72. The minimum absolute atomic E-state index is 0.0134. The second kappa shape index (κ2) is 7.80. The van der Waals surface area contributed by atoms with Gasteiger partial charge >= 0.3 is 12.3 Å². The van der Waals surface area contributed by atoms with E-state index in [1.54, 1.807) is 0 Å². The number of carboxylic acids is 1. The molecule has 0 spiro atoms. The molecule has 0 aliphatic carbocycles. The van der Waals surface area contributed by atoms with E-state index in [0.717, 1.165) is 41.7 Å². The average Bonchev–Trinajstić information content (AvgIpc) is 3.41. The van der Waals surface area contributed by atoms with Gasteiger partial charge in [0, 0.05) is 45.2 Å². The van der Waals surface area contributed by atoms with Gasteiger partial charge in [-0.05, 0) is 48.9 Å². The average molecular weight is 478 g/mol. The van der Waals surface area contributed by atoms with Gasteiger partial charge in [-0.3, -0.25) is 4.79 Å². The van der Waals surface area contributed by atoms with Crippen molar-refractivity contribution in [1.82, 2.24) is 14.7 Å². The van der Waals surface area contributed by atoms with Crippen molar-refractivity contribution < 1.29 is 32.3 Å². The maximum absolute atomic E-state index is 12.6. The Morgan fingerprint density at radius 2 is 2.03 bits per heavy atom. The van der Waals surface area contributed by atoms with E-state index < -0.39 is 18.1 Å². The molecule has 0 saturated heterocycles. The van der Waals surface area contributed by atoms with E-state index in [1.807, 2.05) is 24.3 Å². The molecule has 1 aliphatic heterocycles. The molecule has 5 rings (SSSR count). The predicted octanol–water partition coefficient (Wildman–Crippen LogP) is 5.87. The molecule has 7 nitrogen and oxygen atoms in total. The van der Waals surface area contributed by atoms with Gasteiger partial charge in [0.05, 0.1) is 6.42 Å². The zero-order valence-corrected chi connectivity index (χ0v) is 17.5. The summed E-state index contributed by atoms with van der Waals surface area (Å²) < 4.78 is 49.0. The minimum atomic E-state index is -4.86. The zero-order valence-electron chi connectivity index (χ0n) is 16.8. The number of fused-ring (bicyclic) bond motifs is 3. The number of nitrogens with zero attached hydrogens (tertiary/aromatic N) is 3. The first-order valence-electron chi connectivity index (χ1n) is 9.92. The lowest BCUT2D eigenvalue weighted by Gasteiger charge is -2.09. The molecular formula is C22H15ClF3N3O4. The molecule has 11 heteroatoms. The first-order chi connectivity index (χ1) is 15.7. The summed E-state index contributed by atoms with van der Waals surface area (Å²) in [7, 11) is 0. The standard InChI is InChI=1S/C22H15ClF3N3O4/c23-15-6-14(7-16(10-15)32-22(24,25)26)21-27-20(28-33-21)12-1-2-17-13(5-12)8-18-11(9-19(30)31)3-4-29(17)18/h1-2,5-8,10-11H,3-4,9H2,(H,30,31). The number of aliphatic carboxylic acids is 1. The van der Waals surface area contributed by atoms with E-state index in [4.69, 9.17) is 21.2 Å². The number of alkyl halides is 3. The number of rotatable bonds is 5. The van der Waals surface area contributed by atoms with E-state index in [9.17, 15) is 18.0 Å². The highest BCUT2D eigenvalue weighted by Crippen LogP contribution is 2.38. The highest BCUT2D eigenvalue weighted by Gasteiger charge is 2.31. The van der Waals surface area contributed by atoms with Gasteiger partial charge in [0.15, 0.2) is 0 Å². The van der Waals surface area contributed by atoms with E-state index in [-0.39, 0.29) is 34.6 Å². The van der Waals surface area contributed by atoms with Gasteiger partial charge < -0.3 is 18.9 Å². The number of ether oxygens (including phenoxy) is 1. The van der Waals surface area contributed by atoms with Gasteiger partial charge in [-0.1, -0.05) is 16.8 Å². The van der Waals surface area contributed by atoms with E-state index in [0.29, 0.717) is 5.56 Å². The maximum Gasteiger partial charge on any atom is 0.573 e. The van der Waals surface area contributed by atoms with Gasteiger partial charge in [0.25, 0.3) is 5.89 Å². The van der Waals surface area contributed by atoms with Gasteiger partial charge in [0.2, 0.25) is 5.82 Å². The normalized spacial score (nSPS) is 15.7. The van der Waals surface area contributed by atoms with Crippen LogP contribution >= 0.6 is 11.6 Å². The Hall–Kier alpha value is -3.53. The van der Waals surface area contributed by atoms with Crippen molar-refractivity contribution in [3.8, 4) is 28.6 Å². The summed E-state index contributed by atoms with van der Waals surface area (Å²) in [6.07, 6.45) is -4.00. The molecule has 2 aromatic carbocycles. The number of hydrogen-bond acceptors (Lipinski definition) is 5. The van der Waals surface area contributed by atoms with Crippen LogP contribution in [-0.2, 0) is 11.3 Å². The molecule has 4 aromatic rings. The summed E-state index contributed by atoms with van der Waals surface area (Å²) in [5.74, 6) is -1.13. The lowest BCUT2D eigenvalue weighted by atomic mass is 10.0. The summed E-state index contributed by atoms with van der Waals surface area (Å²) in [5, 5.41) is 14.0. The van der Waals surface area contributed by atoms with Crippen LogP contribution in [0.3, 0.4) is 0 Å². The van der Waals surface area contributed by atoms with Gasteiger partial charge in [-0.15, -0.1) is 13.2 Å². The van der Waals surface area contributed by atoms with Crippen molar-refractivity contribution in [2.45, 2.75) is 31.7 Å². The van der Waals surface area contributed by atoms with Crippen molar-refractivity contribution in [3.63, 3.8) is 0 Å². The van der Waals surface area contributed by atoms with Crippen LogP contribution < -0.4 is 4.74 Å². The topological polar surface area (TPSA) is 90.4 Å². The smallest absolute Gasteiger partial charge is 0.481 e. The Kier molecular flexibility index (Phi) is 5.04. The number of carboxylic acid groups (broad SMARTS) is 1. The van der Waals surface area contributed by atoms with Crippen molar-refractivity contribution in [2.24, 2.45) is 0 Å². The Morgan fingerprint density at radius 1 is 1.21 bits per heavy atom. The Labute approximate surface area is 189 Å². The number of hydrogen-bond donors (Lipinski definition) is 1. The van der Waals surface area contributed by atoms with Crippen molar-refractivity contribution in [2.75, 3.05) is 0 Å². The molecule has 0 bridgehead atoms. The second-order valence-corrected chi connectivity index (χ2v) is 8.16. The molecule has 170 valence electrons. The molecule has 0 fully saturated rings. The third-order valence-electron chi connectivity index (χ3n) is 5.51. The molecule has 0 amide bonds. The number of aromatic nitrogens is 3. The van der Waals surface area contributed by atoms with Crippen LogP contribution in [0.4, 0.5) is 13.2 Å².